The van der Waals surface area contributed by atoms with E-state index in [0.29, 0.717) is 12.8 Å². The molecule has 1 saturated heterocycles. The summed E-state index contributed by atoms with van der Waals surface area (Å²) in [4.78, 5) is 0. The van der Waals surface area contributed by atoms with Gasteiger partial charge < -0.3 is 0 Å². The van der Waals surface area contributed by atoms with Crippen molar-refractivity contribution in [2.24, 2.45) is 0 Å². The van der Waals surface area contributed by atoms with Crippen LogP contribution in [0.1, 0.15) is 46.5 Å². The zero-order chi connectivity index (χ0) is 14.7. The highest BCUT2D eigenvalue weighted by atomic mass is 32.2. The van der Waals surface area contributed by atoms with E-state index in [4.69, 9.17) is 0 Å². The molecular weight excluding hydrogens is 286 g/mol. The highest BCUT2D eigenvalue weighted by Crippen LogP contribution is 2.32. The molecule has 1 aliphatic rings. The van der Waals surface area contributed by atoms with Crippen LogP contribution in [0.3, 0.4) is 0 Å². The smallest absolute Gasteiger partial charge is 0.219 e. The summed E-state index contributed by atoms with van der Waals surface area (Å²) in [6.07, 6.45) is 2.85. The van der Waals surface area contributed by atoms with E-state index < -0.39 is 24.6 Å². The lowest BCUT2D eigenvalue weighted by Gasteiger charge is -2.36. The third-order valence-corrected chi connectivity index (χ3v) is 8.13. The summed E-state index contributed by atoms with van der Waals surface area (Å²) < 4.78 is 48.9. The molecule has 0 aromatic heterocycles. The molecule has 7 heteroatoms. The topological polar surface area (TPSA) is 71.5 Å². The van der Waals surface area contributed by atoms with Crippen molar-refractivity contribution in [1.29, 1.82) is 0 Å². The van der Waals surface area contributed by atoms with Gasteiger partial charge >= 0.3 is 0 Å². The predicted molar refractivity (Wildman–Crippen MR) is 77.4 cm³/mol. The molecule has 0 saturated carbocycles. The molecule has 0 N–H and O–H groups in total. The third-order valence-electron chi connectivity index (χ3n) is 3.82. The molecule has 114 valence electrons. The number of sulfonamides is 1. The van der Waals surface area contributed by atoms with Gasteiger partial charge in [-0.25, -0.2) is 16.8 Å². The predicted octanol–water partition coefficient (Wildman–Crippen LogP) is 1.41. The average molecular weight is 311 g/mol. The van der Waals surface area contributed by atoms with Gasteiger partial charge in [-0.05, 0) is 19.8 Å². The van der Waals surface area contributed by atoms with Crippen LogP contribution in [0.15, 0.2) is 0 Å². The maximum Gasteiger partial charge on any atom is 0.219 e. The molecular formula is C12H25NO4S2. The van der Waals surface area contributed by atoms with Gasteiger partial charge in [-0.1, -0.05) is 26.7 Å². The van der Waals surface area contributed by atoms with Gasteiger partial charge in [0.2, 0.25) is 10.0 Å². The Bertz CT molecular complexity index is 476. The fourth-order valence-electron chi connectivity index (χ4n) is 2.69. The van der Waals surface area contributed by atoms with Gasteiger partial charge in [-0.3, -0.25) is 0 Å². The maximum atomic E-state index is 12.7. The van der Waals surface area contributed by atoms with Crippen molar-refractivity contribution < 1.29 is 16.8 Å². The van der Waals surface area contributed by atoms with Gasteiger partial charge in [0.15, 0.2) is 9.84 Å². The SMILES string of the molecule is CCCC(C)(CCC)S(=O)(=O)N1CCS(=O)(=O)CC1. The van der Waals surface area contributed by atoms with Crippen LogP contribution in [-0.4, -0.2) is 50.5 Å². The molecule has 0 unspecified atom stereocenters. The standard InChI is InChI=1S/C12H25NO4S2/c1-4-6-12(3,7-5-2)19(16,17)13-8-10-18(14,15)11-9-13/h4-11H2,1-3H3. The monoisotopic (exact) mass is 311 g/mol. The Hall–Kier alpha value is -0.140. The van der Waals surface area contributed by atoms with E-state index in [0.717, 1.165) is 12.8 Å². The summed E-state index contributed by atoms with van der Waals surface area (Å²) in [5.74, 6) is -0.110. The van der Waals surface area contributed by atoms with E-state index >= 15 is 0 Å². The Balaban J connectivity index is 2.95. The van der Waals surface area contributed by atoms with Gasteiger partial charge in [0.1, 0.15) is 0 Å². The summed E-state index contributed by atoms with van der Waals surface area (Å²) in [7, 11) is -6.48. The van der Waals surface area contributed by atoms with Crippen LogP contribution in [0, 0.1) is 0 Å². The second kappa shape index (κ2) is 6.10. The first-order chi connectivity index (χ1) is 8.68. The second-order valence-corrected chi connectivity index (χ2v) is 10.3. The lowest BCUT2D eigenvalue weighted by molar-refractivity contribution is 0.384. The summed E-state index contributed by atoms with van der Waals surface area (Å²) >= 11 is 0. The van der Waals surface area contributed by atoms with E-state index in [-0.39, 0.29) is 24.6 Å². The molecule has 0 aliphatic carbocycles. The molecule has 0 radical (unpaired) electrons. The van der Waals surface area contributed by atoms with Gasteiger partial charge in [-0.15, -0.1) is 0 Å². The first-order valence-electron chi connectivity index (χ1n) is 6.88. The number of rotatable bonds is 6. The Labute approximate surface area is 117 Å². The fraction of sp³-hybridized carbons (Fsp3) is 1.00. The molecule has 0 spiro atoms. The molecule has 0 bridgehead atoms. The van der Waals surface area contributed by atoms with Crippen molar-refractivity contribution in [2.75, 3.05) is 24.6 Å². The van der Waals surface area contributed by atoms with Gasteiger partial charge in [0.25, 0.3) is 0 Å². The van der Waals surface area contributed by atoms with Crippen LogP contribution in [0.2, 0.25) is 0 Å². The fourth-order valence-corrected chi connectivity index (χ4v) is 6.33. The van der Waals surface area contributed by atoms with E-state index in [1.54, 1.807) is 6.92 Å². The number of sulfone groups is 1. The number of hydrogen-bond acceptors (Lipinski definition) is 4. The zero-order valence-corrected chi connectivity index (χ0v) is 13.7. The van der Waals surface area contributed by atoms with E-state index in [2.05, 4.69) is 0 Å². The summed E-state index contributed by atoms with van der Waals surface area (Å²) in [5, 5.41) is 0. The van der Waals surface area contributed by atoms with E-state index in [1.165, 1.54) is 4.31 Å². The number of hydrogen-bond donors (Lipinski definition) is 0. The van der Waals surface area contributed by atoms with Crippen LogP contribution >= 0.6 is 0 Å². The van der Waals surface area contributed by atoms with Crippen LogP contribution in [0.4, 0.5) is 0 Å². The van der Waals surface area contributed by atoms with E-state index in [9.17, 15) is 16.8 Å². The largest absolute Gasteiger partial charge is 0.229 e. The molecule has 5 nitrogen and oxygen atoms in total. The molecule has 0 aromatic rings. The minimum atomic E-state index is -3.43. The van der Waals surface area contributed by atoms with Crippen molar-refractivity contribution in [3.05, 3.63) is 0 Å². The summed E-state index contributed by atoms with van der Waals surface area (Å²) in [6, 6.07) is 0. The van der Waals surface area contributed by atoms with Crippen LogP contribution in [-0.2, 0) is 19.9 Å². The van der Waals surface area contributed by atoms with Crippen molar-refractivity contribution in [1.82, 2.24) is 4.31 Å². The Morgan fingerprint density at radius 1 is 1.05 bits per heavy atom. The summed E-state index contributed by atoms with van der Waals surface area (Å²) in [6.45, 7) is 5.95. The Morgan fingerprint density at radius 3 is 1.84 bits per heavy atom. The lowest BCUT2D eigenvalue weighted by Crippen LogP contribution is -2.51. The normalized spacial score (nSPS) is 21.4. The zero-order valence-electron chi connectivity index (χ0n) is 12.1. The van der Waals surface area contributed by atoms with Crippen LogP contribution in [0.25, 0.3) is 0 Å². The molecule has 0 aromatic carbocycles. The molecule has 0 amide bonds. The molecule has 0 atom stereocenters. The molecule has 1 fully saturated rings. The average Bonchev–Trinajstić information content (AvgIpc) is 2.28. The molecule has 1 aliphatic heterocycles. The second-order valence-electron chi connectivity index (χ2n) is 5.51. The van der Waals surface area contributed by atoms with Gasteiger partial charge in [0, 0.05) is 13.1 Å². The minimum absolute atomic E-state index is 0.0550. The van der Waals surface area contributed by atoms with Gasteiger partial charge in [0.05, 0.1) is 16.3 Å². The van der Waals surface area contributed by atoms with Crippen LogP contribution < -0.4 is 0 Å². The lowest BCUT2D eigenvalue weighted by atomic mass is 10.00. The quantitative estimate of drug-likeness (QED) is 0.743. The van der Waals surface area contributed by atoms with Crippen molar-refractivity contribution in [2.45, 2.75) is 51.2 Å². The Kier molecular flexibility index (Phi) is 5.43. The summed E-state index contributed by atoms with van der Waals surface area (Å²) in [5.41, 5.74) is 0. The van der Waals surface area contributed by atoms with Crippen molar-refractivity contribution >= 4 is 19.9 Å². The highest BCUT2D eigenvalue weighted by Gasteiger charge is 2.43. The first kappa shape index (κ1) is 16.9. The van der Waals surface area contributed by atoms with E-state index in [1.807, 2.05) is 13.8 Å². The number of nitrogens with zero attached hydrogens (tertiary/aromatic N) is 1. The maximum absolute atomic E-state index is 12.7. The molecule has 1 heterocycles. The van der Waals surface area contributed by atoms with Crippen molar-refractivity contribution in [3.8, 4) is 0 Å². The van der Waals surface area contributed by atoms with Gasteiger partial charge in [-0.2, -0.15) is 4.31 Å². The first-order valence-corrected chi connectivity index (χ1v) is 10.1. The van der Waals surface area contributed by atoms with Crippen LogP contribution in [0.5, 0.6) is 0 Å². The van der Waals surface area contributed by atoms with Crippen molar-refractivity contribution in [3.63, 3.8) is 0 Å². The minimum Gasteiger partial charge on any atom is -0.229 e. The Morgan fingerprint density at radius 2 is 1.47 bits per heavy atom. The third kappa shape index (κ3) is 3.70. The molecule has 19 heavy (non-hydrogen) atoms. The highest BCUT2D eigenvalue weighted by molar-refractivity contribution is 7.92. The molecule has 1 rings (SSSR count).